The Morgan fingerprint density at radius 1 is 1.30 bits per heavy atom. The zero-order valence-electron chi connectivity index (χ0n) is 12.8. The number of benzene rings is 2. The van der Waals surface area contributed by atoms with Gasteiger partial charge in [-0.3, -0.25) is 4.79 Å². The predicted octanol–water partition coefficient (Wildman–Crippen LogP) is 3.78. The van der Waals surface area contributed by atoms with Gasteiger partial charge in [0.05, 0.1) is 11.2 Å². The molecule has 2 aromatic rings. The fourth-order valence-corrected chi connectivity index (χ4v) is 2.22. The van der Waals surface area contributed by atoms with E-state index in [0.29, 0.717) is 16.3 Å². The highest BCUT2D eigenvalue weighted by Crippen LogP contribution is 2.25. The molecule has 0 fully saturated rings. The summed E-state index contributed by atoms with van der Waals surface area (Å²) in [5.74, 6) is 0.119. The van der Waals surface area contributed by atoms with Gasteiger partial charge >= 0.3 is 0 Å². The first-order chi connectivity index (χ1) is 11.0. The van der Waals surface area contributed by atoms with Gasteiger partial charge in [0.15, 0.2) is 6.61 Å². The van der Waals surface area contributed by atoms with Gasteiger partial charge in [0.1, 0.15) is 5.75 Å². The van der Waals surface area contributed by atoms with Gasteiger partial charge in [-0.15, -0.1) is 0 Å². The zero-order valence-corrected chi connectivity index (χ0v) is 13.6. The number of ether oxygens (including phenoxy) is 1. The molecule has 0 saturated carbocycles. The van der Waals surface area contributed by atoms with Crippen LogP contribution >= 0.6 is 11.6 Å². The van der Waals surface area contributed by atoms with Crippen molar-refractivity contribution in [1.82, 2.24) is 0 Å². The third kappa shape index (κ3) is 4.72. The molecule has 0 aliphatic heterocycles. The number of oxime groups is 1. The van der Waals surface area contributed by atoms with Gasteiger partial charge in [0.2, 0.25) is 0 Å². The molecule has 2 N–H and O–H groups in total. The number of aryl methyl sites for hydroxylation is 2. The van der Waals surface area contributed by atoms with Gasteiger partial charge < -0.3 is 15.3 Å². The molecule has 120 valence electrons. The number of carbonyl (C=O) groups is 1. The predicted molar refractivity (Wildman–Crippen MR) is 90.9 cm³/mol. The molecule has 6 heteroatoms. The molecule has 0 aliphatic carbocycles. The van der Waals surface area contributed by atoms with Crippen LogP contribution in [0.3, 0.4) is 0 Å². The molecule has 0 heterocycles. The SMILES string of the molecule is Cc1ccc(C)c(NC(=O)COc2ccc(/C=N/O)cc2Cl)c1. The molecular formula is C17H17ClN2O3. The molecule has 0 spiro atoms. The Kier molecular flexibility index (Phi) is 5.60. The van der Waals surface area contributed by atoms with Crippen LogP contribution < -0.4 is 10.1 Å². The van der Waals surface area contributed by atoms with Crippen LogP contribution in [0.2, 0.25) is 5.02 Å². The van der Waals surface area contributed by atoms with Crippen LogP contribution in [-0.2, 0) is 4.79 Å². The first-order valence-corrected chi connectivity index (χ1v) is 7.34. The van der Waals surface area contributed by atoms with Crippen molar-refractivity contribution in [3.63, 3.8) is 0 Å². The lowest BCUT2D eigenvalue weighted by molar-refractivity contribution is -0.118. The second-order valence-corrected chi connectivity index (χ2v) is 5.50. The van der Waals surface area contributed by atoms with E-state index >= 15 is 0 Å². The topological polar surface area (TPSA) is 70.9 Å². The molecule has 2 aromatic carbocycles. The Balaban J connectivity index is 1.98. The third-order valence-electron chi connectivity index (χ3n) is 3.19. The van der Waals surface area contributed by atoms with Gasteiger partial charge in [0, 0.05) is 5.69 Å². The summed E-state index contributed by atoms with van der Waals surface area (Å²) >= 11 is 6.05. The van der Waals surface area contributed by atoms with Crippen LogP contribution in [0, 0.1) is 13.8 Å². The quantitative estimate of drug-likeness (QED) is 0.497. The minimum atomic E-state index is -0.268. The summed E-state index contributed by atoms with van der Waals surface area (Å²) < 4.78 is 5.42. The average molecular weight is 333 g/mol. The maximum absolute atomic E-state index is 12.0. The van der Waals surface area contributed by atoms with Crippen molar-refractivity contribution in [3.05, 3.63) is 58.1 Å². The number of nitrogens with one attached hydrogen (secondary N) is 1. The van der Waals surface area contributed by atoms with Crippen molar-refractivity contribution in [2.24, 2.45) is 5.16 Å². The molecular weight excluding hydrogens is 316 g/mol. The number of anilines is 1. The van der Waals surface area contributed by atoms with Gasteiger partial charge in [-0.05, 0) is 54.8 Å². The van der Waals surface area contributed by atoms with E-state index in [-0.39, 0.29) is 12.5 Å². The van der Waals surface area contributed by atoms with Gasteiger partial charge in [-0.1, -0.05) is 28.9 Å². The first kappa shape index (κ1) is 16.8. The van der Waals surface area contributed by atoms with Crippen LogP contribution in [0.4, 0.5) is 5.69 Å². The van der Waals surface area contributed by atoms with Crippen molar-refractivity contribution >= 4 is 29.4 Å². The summed E-state index contributed by atoms with van der Waals surface area (Å²) in [5, 5.41) is 14.6. The molecule has 0 radical (unpaired) electrons. The Morgan fingerprint density at radius 3 is 2.78 bits per heavy atom. The van der Waals surface area contributed by atoms with E-state index < -0.39 is 0 Å². The van der Waals surface area contributed by atoms with Crippen LogP contribution in [0.25, 0.3) is 0 Å². The summed E-state index contributed by atoms with van der Waals surface area (Å²) in [4.78, 5) is 12.0. The van der Waals surface area contributed by atoms with E-state index in [1.807, 2.05) is 32.0 Å². The smallest absolute Gasteiger partial charge is 0.262 e. The van der Waals surface area contributed by atoms with Crippen molar-refractivity contribution in [2.75, 3.05) is 11.9 Å². The highest BCUT2D eigenvalue weighted by molar-refractivity contribution is 6.32. The van der Waals surface area contributed by atoms with Crippen molar-refractivity contribution in [1.29, 1.82) is 0 Å². The molecule has 23 heavy (non-hydrogen) atoms. The highest BCUT2D eigenvalue weighted by Gasteiger charge is 2.08. The number of nitrogens with zero attached hydrogens (tertiary/aromatic N) is 1. The summed E-state index contributed by atoms with van der Waals surface area (Å²) in [6.45, 7) is 3.73. The third-order valence-corrected chi connectivity index (χ3v) is 3.48. The van der Waals surface area contributed by atoms with Crippen LogP contribution in [0.1, 0.15) is 16.7 Å². The lowest BCUT2D eigenvalue weighted by Crippen LogP contribution is -2.20. The van der Waals surface area contributed by atoms with Gasteiger partial charge in [0.25, 0.3) is 5.91 Å². The molecule has 0 unspecified atom stereocenters. The van der Waals surface area contributed by atoms with Crippen molar-refractivity contribution < 1.29 is 14.7 Å². The minimum absolute atomic E-state index is 0.152. The van der Waals surface area contributed by atoms with Gasteiger partial charge in [-0.2, -0.15) is 0 Å². The first-order valence-electron chi connectivity index (χ1n) is 6.96. The van der Waals surface area contributed by atoms with E-state index in [2.05, 4.69) is 10.5 Å². The molecule has 0 aliphatic rings. The number of hydrogen-bond acceptors (Lipinski definition) is 4. The van der Waals surface area contributed by atoms with E-state index in [1.165, 1.54) is 6.21 Å². The molecule has 0 aromatic heterocycles. The fraction of sp³-hybridized carbons (Fsp3) is 0.176. The monoisotopic (exact) mass is 332 g/mol. The summed E-state index contributed by atoms with van der Waals surface area (Å²) in [6, 6.07) is 10.7. The maximum atomic E-state index is 12.0. The number of carbonyl (C=O) groups excluding carboxylic acids is 1. The number of amides is 1. The molecule has 0 atom stereocenters. The molecule has 1 amide bonds. The number of halogens is 1. The van der Waals surface area contributed by atoms with Crippen molar-refractivity contribution in [2.45, 2.75) is 13.8 Å². The maximum Gasteiger partial charge on any atom is 0.262 e. The van der Waals surface area contributed by atoms with Gasteiger partial charge in [-0.25, -0.2) is 0 Å². The van der Waals surface area contributed by atoms with Crippen LogP contribution in [0.15, 0.2) is 41.6 Å². The Hall–Kier alpha value is -2.53. The average Bonchev–Trinajstić information content (AvgIpc) is 2.50. The Bertz CT molecular complexity index is 745. The number of hydrogen-bond donors (Lipinski definition) is 2. The second kappa shape index (κ2) is 7.65. The second-order valence-electron chi connectivity index (χ2n) is 5.09. The zero-order chi connectivity index (χ0) is 16.8. The van der Waals surface area contributed by atoms with Crippen molar-refractivity contribution in [3.8, 4) is 5.75 Å². The van der Waals surface area contributed by atoms with E-state index in [0.717, 1.165) is 16.8 Å². The summed E-state index contributed by atoms with van der Waals surface area (Å²) in [5.41, 5.74) is 3.44. The normalized spacial score (nSPS) is 10.7. The van der Waals surface area contributed by atoms with E-state index in [9.17, 15) is 4.79 Å². The Labute approximate surface area is 139 Å². The lowest BCUT2D eigenvalue weighted by atomic mass is 10.1. The van der Waals surface area contributed by atoms with Crippen LogP contribution in [-0.4, -0.2) is 23.9 Å². The summed E-state index contributed by atoms with van der Waals surface area (Å²) in [6.07, 6.45) is 1.25. The highest BCUT2D eigenvalue weighted by atomic mass is 35.5. The minimum Gasteiger partial charge on any atom is -0.482 e. The standard InChI is InChI=1S/C17H17ClN2O3/c1-11-3-4-12(2)15(7-11)20-17(21)10-23-16-6-5-13(9-19-22)8-14(16)18/h3-9,22H,10H2,1-2H3,(H,20,21)/b19-9+. The number of rotatable bonds is 5. The molecule has 5 nitrogen and oxygen atoms in total. The summed E-state index contributed by atoms with van der Waals surface area (Å²) in [7, 11) is 0. The molecule has 0 bridgehead atoms. The van der Waals surface area contributed by atoms with E-state index in [4.69, 9.17) is 21.5 Å². The molecule has 0 saturated heterocycles. The fourth-order valence-electron chi connectivity index (χ4n) is 1.98. The Morgan fingerprint density at radius 2 is 2.09 bits per heavy atom. The molecule has 2 rings (SSSR count). The lowest BCUT2D eigenvalue weighted by Gasteiger charge is -2.11. The van der Waals surface area contributed by atoms with E-state index in [1.54, 1.807) is 18.2 Å². The van der Waals surface area contributed by atoms with Crippen LogP contribution in [0.5, 0.6) is 5.75 Å². The largest absolute Gasteiger partial charge is 0.482 e.